The van der Waals surface area contributed by atoms with Crippen LogP contribution < -0.4 is 5.32 Å². The van der Waals surface area contributed by atoms with Crippen LogP contribution in [0.2, 0.25) is 0 Å². The van der Waals surface area contributed by atoms with Gasteiger partial charge in [0.25, 0.3) is 0 Å². The third-order valence-electron chi connectivity index (χ3n) is 3.80. The SMILES string of the molecule is CCC1CNC(c2ccccc2)CN1C(C)C. The molecule has 1 aliphatic heterocycles. The third kappa shape index (κ3) is 2.88. The maximum absolute atomic E-state index is 3.68. The molecule has 0 spiro atoms. The molecule has 1 aromatic carbocycles. The molecule has 0 saturated carbocycles. The number of nitrogens with one attached hydrogen (secondary N) is 1. The van der Waals surface area contributed by atoms with E-state index >= 15 is 0 Å². The second-order valence-corrected chi connectivity index (χ2v) is 5.22. The minimum atomic E-state index is 0.487. The predicted octanol–water partition coefficient (Wildman–Crippen LogP) is 2.82. The van der Waals surface area contributed by atoms with Gasteiger partial charge in [-0.15, -0.1) is 0 Å². The molecule has 94 valence electrons. The molecule has 0 radical (unpaired) electrons. The van der Waals surface area contributed by atoms with Crippen molar-refractivity contribution in [3.05, 3.63) is 35.9 Å². The molecule has 0 bridgehead atoms. The van der Waals surface area contributed by atoms with Gasteiger partial charge in [-0.25, -0.2) is 0 Å². The van der Waals surface area contributed by atoms with Crippen molar-refractivity contribution in [3.8, 4) is 0 Å². The van der Waals surface area contributed by atoms with Crippen molar-refractivity contribution in [1.82, 2.24) is 10.2 Å². The number of hydrogen-bond donors (Lipinski definition) is 1. The second-order valence-electron chi connectivity index (χ2n) is 5.22. The lowest BCUT2D eigenvalue weighted by molar-refractivity contribution is 0.0940. The lowest BCUT2D eigenvalue weighted by atomic mass is 9.99. The average Bonchev–Trinajstić information content (AvgIpc) is 2.39. The van der Waals surface area contributed by atoms with E-state index in [1.165, 1.54) is 12.0 Å². The molecule has 2 nitrogen and oxygen atoms in total. The van der Waals surface area contributed by atoms with Crippen LogP contribution in [-0.4, -0.2) is 30.1 Å². The normalized spacial score (nSPS) is 26.4. The van der Waals surface area contributed by atoms with Crippen LogP contribution in [0.1, 0.15) is 38.8 Å². The summed E-state index contributed by atoms with van der Waals surface area (Å²) >= 11 is 0. The summed E-state index contributed by atoms with van der Waals surface area (Å²) in [6.45, 7) is 9.12. The van der Waals surface area contributed by atoms with Crippen molar-refractivity contribution in [2.24, 2.45) is 0 Å². The minimum absolute atomic E-state index is 0.487. The number of rotatable bonds is 3. The van der Waals surface area contributed by atoms with Gasteiger partial charge in [0.2, 0.25) is 0 Å². The summed E-state index contributed by atoms with van der Waals surface area (Å²) in [5.74, 6) is 0. The third-order valence-corrected chi connectivity index (χ3v) is 3.80. The van der Waals surface area contributed by atoms with Crippen LogP contribution in [0.5, 0.6) is 0 Å². The molecular formula is C15H24N2. The summed E-state index contributed by atoms with van der Waals surface area (Å²) in [7, 11) is 0. The zero-order chi connectivity index (χ0) is 12.3. The summed E-state index contributed by atoms with van der Waals surface area (Å²) in [6, 6.07) is 12.6. The first kappa shape index (κ1) is 12.6. The first-order valence-electron chi connectivity index (χ1n) is 6.76. The van der Waals surface area contributed by atoms with Gasteiger partial charge in [0.05, 0.1) is 0 Å². The van der Waals surface area contributed by atoms with Gasteiger partial charge in [0.1, 0.15) is 0 Å². The fourth-order valence-corrected chi connectivity index (χ4v) is 2.74. The molecule has 1 aromatic rings. The molecule has 2 atom stereocenters. The summed E-state index contributed by atoms with van der Waals surface area (Å²) in [5.41, 5.74) is 1.41. The van der Waals surface area contributed by atoms with Gasteiger partial charge in [-0.2, -0.15) is 0 Å². The molecule has 1 N–H and O–H groups in total. The first-order chi connectivity index (χ1) is 8.22. The van der Waals surface area contributed by atoms with E-state index in [1.54, 1.807) is 0 Å². The molecule has 1 heterocycles. The largest absolute Gasteiger partial charge is 0.307 e. The Hall–Kier alpha value is -0.860. The van der Waals surface area contributed by atoms with Crippen LogP contribution >= 0.6 is 0 Å². The standard InChI is InChI=1S/C15H24N2/c1-4-14-10-16-15(11-17(14)12(2)3)13-8-6-5-7-9-13/h5-9,12,14-16H,4,10-11H2,1-3H3. The molecule has 0 aromatic heterocycles. The molecule has 1 saturated heterocycles. The van der Waals surface area contributed by atoms with Gasteiger partial charge < -0.3 is 5.32 Å². The smallest absolute Gasteiger partial charge is 0.0450 e. The van der Waals surface area contributed by atoms with Crippen molar-refractivity contribution >= 4 is 0 Å². The first-order valence-corrected chi connectivity index (χ1v) is 6.76. The highest BCUT2D eigenvalue weighted by Crippen LogP contribution is 2.22. The lowest BCUT2D eigenvalue weighted by Crippen LogP contribution is -2.54. The monoisotopic (exact) mass is 232 g/mol. The van der Waals surface area contributed by atoms with Gasteiger partial charge in [-0.1, -0.05) is 37.3 Å². The highest BCUT2D eigenvalue weighted by atomic mass is 15.2. The molecule has 1 fully saturated rings. The van der Waals surface area contributed by atoms with Gasteiger partial charge in [0, 0.05) is 31.2 Å². The molecule has 2 unspecified atom stereocenters. The number of benzene rings is 1. The molecule has 17 heavy (non-hydrogen) atoms. The van der Waals surface area contributed by atoms with E-state index in [-0.39, 0.29) is 0 Å². The average molecular weight is 232 g/mol. The Kier molecular flexibility index (Phi) is 4.19. The van der Waals surface area contributed by atoms with E-state index in [1.807, 2.05) is 0 Å². The Morgan fingerprint density at radius 1 is 1.29 bits per heavy atom. The molecular weight excluding hydrogens is 208 g/mol. The van der Waals surface area contributed by atoms with E-state index in [0.29, 0.717) is 18.1 Å². The topological polar surface area (TPSA) is 15.3 Å². The Morgan fingerprint density at radius 3 is 2.59 bits per heavy atom. The van der Waals surface area contributed by atoms with Crippen molar-refractivity contribution in [2.45, 2.75) is 45.3 Å². The van der Waals surface area contributed by atoms with E-state index < -0.39 is 0 Å². The van der Waals surface area contributed by atoms with Gasteiger partial charge in [0.15, 0.2) is 0 Å². The Bertz CT molecular complexity index is 334. The number of piperazine rings is 1. The maximum atomic E-state index is 3.68. The maximum Gasteiger partial charge on any atom is 0.0450 e. The number of nitrogens with zero attached hydrogens (tertiary/aromatic N) is 1. The quantitative estimate of drug-likeness (QED) is 0.862. The second kappa shape index (κ2) is 5.65. The van der Waals surface area contributed by atoms with Gasteiger partial charge in [-0.05, 0) is 25.8 Å². The fourth-order valence-electron chi connectivity index (χ4n) is 2.74. The summed E-state index contributed by atoms with van der Waals surface area (Å²) in [5, 5.41) is 3.68. The summed E-state index contributed by atoms with van der Waals surface area (Å²) in [6.07, 6.45) is 1.23. The highest BCUT2D eigenvalue weighted by molar-refractivity contribution is 5.20. The Labute approximate surface area is 105 Å². The summed E-state index contributed by atoms with van der Waals surface area (Å²) in [4.78, 5) is 2.63. The molecule has 1 aliphatic rings. The lowest BCUT2D eigenvalue weighted by Gasteiger charge is -2.42. The fraction of sp³-hybridized carbons (Fsp3) is 0.600. The van der Waals surface area contributed by atoms with E-state index in [4.69, 9.17) is 0 Å². The zero-order valence-electron chi connectivity index (χ0n) is 11.2. The summed E-state index contributed by atoms with van der Waals surface area (Å²) < 4.78 is 0. The molecule has 0 aliphatic carbocycles. The Morgan fingerprint density at radius 2 is 2.00 bits per heavy atom. The molecule has 0 amide bonds. The zero-order valence-corrected chi connectivity index (χ0v) is 11.2. The predicted molar refractivity (Wildman–Crippen MR) is 73.1 cm³/mol. The van der Waals surface area contributed by atoms with Crippen LogP contribution in [-0.2, 0) is 0 Å². The molecule has 2 heteroatoms. The van der Waals surface area contributed by atoms with Crippen molar-refractivity contribution in [1.29, 1.82) is 0 Å². The number of hydrogen-bond acceptors (Lipinski definition) is 2. The van der Waals surface area contributed by atoms with Gasteiger partial charge in [-0.3, -0.25) is 4.90 Å². The van der Waals surface area contributed by atoms with Crippen molar-refractivity contribution < 1.29 is 0 Å². The molecule has 2 rings (SSSR count). The highest BCUT2D eigenvalue weighted by Gasteiger charge is 2.28. The van der Waals surface area contributed by atoms with Gasteiger partial charge >= 0.3 is 0 Å². The Balaban J connectivity index is 2.09. The van der Waals surface area contributed by atoms with Crippen LogP contribution in [0.3, 0.4) is 0 Å². The van der Waals surface area contributed by atoms with Crippen LogP contribution in [0.15, 0.2) is 30.3 Å². The van der Waals surface area contributed by atoms with Crippen molar-refractivity contribution in [2.75, 3.05) is 13.1 Å². The van der Waals surface area contributed by atoms with E-state index in [0.717, 1.165) is 13.1 Å². The van der Waals surface area contributed by atoms with Crippen LogP contribution in [0.4, 0.5) is 0 Å². The van der Waals surface area contributed by atoms with E-state index in [9.17, 15) is 0 Å². The van der Waals surface area contributed by atoms with Crippen molar-refractivity contribution in [3.63, 3.8) is 0 Å². The van der Waals surface area contributed by atoms with E-state index in [2.05, 4.69) is 61.3 Å². The minimum Gasteiger partial charge on any atom is -0.307 e. The van der Waals surface area contributed by atoms with Crippen LogP contribution in [0, 0.1) is 0 Å². The van der Waals surface area contributed by atoms with Crippen LogP contribution in [0.25, 0.3) is 0 Å².